The molecular formula is C13H16N2O5S. The summed E-state index contributed by atoms with van der Waals surface area (Å²) >= 11 is 0. The van der Waals surface area contributed by atoms with Gasteiger partial charge < -0.3 is 14.8 Å². The van der Waals surface area contributed by atoms with E-state index in [2.05, 4.69) is 0 Å². The van der Waals surface area contributed by atoms with Gasteiger partial charge in [-0.05, 0) is 17.7 Å². The molecule has 0 bridgehead atoms. The van der Waals surface area contributed by atoms with Crippen LogP contribution >= 0.6 is 0 Å². The van der Waals surface area contributed by atoms with Crippen LogP contribution in [0, 0.1) is 0 Å². The molecule has 0 aliphatic carbocycles. The predicted octanol–water partition coefficient (Wildman–Crippen LogP) is -2.27. The Morgan fingerprint density at radius 1 is 1.33 bits per heavy atom. The van der Waals surface area contributed by atoms with Crippen LogP contribution < -0.4 is 10.0 Å². The molecule has 1 heterocycles. The van der Waals surface area contributed by atoms with Crippen molar-refractivity contribution in [2.75, 3.05) is 27.2 Å². The molecular weight excluding hydrogens is 296 g/mol. The van der Waals surface area contributed by atoms with Crippen LogP contribution in [0.5, 0.6) is 0 Å². The molecule has 1 aromatic rings. The van der Waals surface area contributed by atoms with Gasteiger partial charge in [0.15, 0.2) is 0 Å². The second-order valence-electron chi connectivity index (χ2n) is 5.19. The maximum absolute atomic E-state index is 12.3. The average Bonchev–Trinajstić information content (AvgIpc) is 2.59. The van der Waals surface area contributed by atoms with Crippen molar-refractivity contribution in [3.8, 4) is 0 Å². The van der Waals surface area contributed by atoms with Crippen LogP contribution in [-0.2, 0) is 10.0 Å². The zero-order chi connectivity index (χ0) is 15.8. The van der Waals surface area contributed by atoms with Crippen LogP contribution in [0.2, 0.25) is 0 Å². The van der Waals surface area contributed by atoms with Crippen molar-refractivity contribution in [1.29, 1.82) is 0 Å². The minimum absolute atomic E-state index is 0.0113. The standard InChI is InChI=1S/C13H16N2O5S/c1-14(2)6-3-7-15-12(16)10-5-4-9(13(17)18)8-11(10)21(15,19)20/h4-5,8H,3,6-7H2,1-2H3,(H,17,18). The summed E-state index contributed by atoms with van der Waals surface area (Å²) in [7, 11) is -0.103. The molecule has 1 N–H and O–H groups in total. The Bertz CT molecular complexity index is 697. The molecule has 0 spiro atoms. The Morgan fingerprint density at radius 2 is 2.00 bits per heavy atom. The lowest BCUT2D eigenvalue weighted by molar-refractivity contribution is -0.858. The van der Waals surface area contributed by atoms with E-state index in [-0.39, 0.29) is 22.6 Å². The molecule has 0 saturated heterocycles. The topological polar surface area (TPSA) is 99.0 Å². The van der Waals surface area contributed by atoms with Crippen molar-refractivity contribution in [3.05, 3.63) is 29.3 Å². The third kappa shape index (κ3) is 2.77. The third-order valence-corrected chi connectivity index (χ3v) is 5.10. The Morgan fingerprint density at radius 3 is 2.57 bits per heavy atom. The number of carboxylic acid groups (broad SMARTS) is 1. The summed E-state index contributed by atoms with van der Waals surface area (Å²) in [4.78, 5) is 23.9. The molecule has 21 heavy (non-hydrogen) atoms. The molecule has 0 fully saturated rings. The van der Waals surface area contributed by atoms with Crippen molar-refractivity contribution in [3.63, 3.8) is 0 Å². The van der Waals surface area contributed by atoms with Gasteiger partial charge in [0.25, 0.3) is 15.9 Å². The molecule has 1 amide bonds. The van der Waals surface area contributed by atoms with Crippen LogP contribution in [0.4, 0.5) is 0 Å². The zero-order valence-electron chi connectivity index (χ0n) is 11.8. The van der Waals surface area contributed by atoms with Gasteiger partial charge in [-0.15, -0.1) is 0 Å². The number of nitrogens with zero attached hydrogens (tertiary/aromatic N) is 1. The summed E-state index contributed by atoms with van der Waals surface area (Å²) in [5, 5.41) is 10.8. The lowest BCUT2D eigenvalue weighted by Crippen LogP contribution is -3.05. The first-order chi connectivity index (χ1) is 9.75. The number of quaternary nitrogens is 1. The van der Waals surface area contributed by atoms with Crippen LogP contribution in [0.3, 0.4) is 0 Å². The van der Waals surface area contributed by atoms with Crippen molar-refractivity contribution in [2.45, 2.75) is 11.3 Å². The predicted molar refractivity (Wildman–Crippen MR) is 71.3 cm³/mol. The molecule has 0 unspecified atom stereocenters. The summed E-state index contributed by atoms with van der Waals surface area (Å²) in [5.41, 5.74) is -0.248. The number of nitrogens with one attached hydrogen (secondary N) is 1. The van der Waals surface area contributed by atoms with Crippen LogP contribution in [-0.4, -0.2) is 51.8 Å². The zero-order valence-corrected chi connectivity index (χ0v) is 12.6. The number of hydrogen-bond acceptors (Lipinski definition) is 5. The van der Waals surface area contributed by atoms with Gasteiger partial charge in [0.1, 0.15) is 4.90 Å². The van der Waals surface area contributed by atoms with Crippen LogP contribution in [0.25, 0.3) is 0 Å². The number of aromatic carboxylic acids is 1. The number of benzene rings is 1. The minimum Gasteiger partial charge on any atom is -0.545 e. The second-order valence-corrected chi connectivity index (χ2v) is 7.02. The molecule has 1 aliphatic rings. The summed E-state index contributed by atoms with van der Waals surface area (Å²) < 4.78 is 25.5. The summed E-state index contributed by atoms with van der Waals surface area (Å²) in [6.07, 6.45) is 0.536. The van der Waals surface area contributed by atoms with E-state index in [4.69, 9.17) is 0 Å². The lowest BCUT2D eigenvalue weighted by Gasteiger charge is -2.15. The van der Waals surface area contributed by atoms with Gasteiger partial charge >= 0.3 is 0 Å². The number of carbonyl (C=O) groups is 2. The molecule has 7 nitrogen and oxygen atoms in total. The average molecular weight is 312 g/mol. The van der Waals surface area contributed by atoms with Crippen molar-refractivity contribution in [2.24, 2.45) is 0 Å². The van der Waals surface area contributed by atoms with Crippen molar-refractivity contribution in [1.82, 2.24) is 4.31 Å². The fraction of sp³-hybridized carbons (Fsp3) is 0.385. The molecule has 0 atom stereocenters. The SMILES string of the molecule is C[NH+](C)CCCN1C(=O)c2ccc(C(=O)[O-])cc2S1(=O)=O. The first-order valence-corrected chi connectivity index (χ1v) is 7.90. The monoisotopic (exact) mass is 312 g/mol. The highest BCUT2D eigenvalue weighted by atomic mass is 32.2. The normalized spacial score (nSPS) is 16.3. The van der Waals surface area contributed by atoms with E-state index in [0.717, 1.165) is 21.8 Å². The lowest BCUT2D eigenvalue weighted by atomic mass is 10.1. The van der Waals surface area contributed by atoms with E-state index in [1.165, 1.54) is 12.1 Å². The molecule has 1 aliphatic heterocycles. The second kappa shape index (κ2) is 5.45. The minimum atomic E-state index is -3.97. The van der Waals surface area contributed by atoms with Gasteiger partial charge in [0.2, 0.25) is 0 Å². The molecule has 2 rings (SSSR count). The number of carbonyl (C=O) groups excluding carboxylic acids is 2. The van der Waals surface area contributed by atoms with Gasteiger partial charge in [0, 0.05) is 13.0 Å². The maximum atomic E-state index is 12.3. The number of amides is 1. The Hall–Kier alpha value is -1.93. The molecule has 0 saturated carbocycles. The first-order valence-electron chi connectivity index (χ1n) is 6.46. The number of rotatable bonds is 5. The number of sulfonamides is 1. The van der Waals surface area contributed by atoms with Crippen LogP contribution in [0.15, 0.2) is 23.1 Å². The van der Waals surface area contributed by atoms with E-state index in [1.807, 2.05) is 14.1 Å². The Labute approximate surface area is 122 Å². The van der Waals surface area contributed by atoms with Gasteiger partial charge in [-0.3, -0.25) is 4.79 Å². The van der Waals surface area contributed by atoms with Crippen molar-refractivity contribution >= 4 is 21.9 Å². The fourth-order valence-electron chi connectivity index (χ4n) is 2.20. The van der Waals surface area contributed by atoms with Crippen LogP contribution in [0.1, 0.15) is 27.1 Å². The maximum Gasteiger partial charge on any atom is 0.269 e. The van der Waals surface area contributed by atoms with Gasteiger partial charge in [-0.1, -0.05) is 6.07 Å². The summed E-state index contributed by atoms with van der Waals surface area (Å²) in [5.74, 6) is -2.08. The molecule has 8 heteroatoms. The molecule has 0 radical (unpaired) electrons. The first kappa shape index (κ1) is 15.5. The van der Waals surface area contributed by atoms with Crippen molar-refractivity contribution < 1.29 is 28.0 Å². The molecule has 114 valence electrons. The molecule has 0 aromatic heterocycles. The van der Waals surface area contributed by atoms with E-state index in [9.17, 15) is 23.1 Å². The number of hydrogen-bond donors (Lipinski definition) is 1. The molecule has 1 aromatic carbocycles. The van der Waals surface area contributed by atoms with Gasteiger partial charge in [-0.2, -0.15) is 0 Å². The van der Waals surface area contributed by atoms with E-state index >= 15 is 0 Å². The summed E-state index contributed by atoms with van der Waals surface area (Å²) in [6.45, 7) is 0.807. The highest BCUT2D eigenvalue weighted by Crippen LogP contribution is 2.30. The number of carboxylic acids is 1. The van der Waals surface area contributed by atoms with E-state index < -0.39 is 21.9 Å². The number of fused-ring (bicyclic) bond motifs is 1. The van der Waals surface area contributed by atoms with Gasteiger partial charge in [0.05, 0.1) is 32.2 Å². The summed E-state index contributed by atoms with van der Waals surface area (Å²) in [6, 6.07) is 3.38. The third-order valence-electron chi connectivity index (χ3n) is 3.28. The highest BCUT2D eigenvalue weighted by molar-refractivity contribution is 7.90. The largest absolute Gasteiger partial charge is 0.545 e. The highest BCUT2D eigenvalue weighted by Gasteiger charge is 2.40. The fourth-order valence-corrected chi connectivity index (χ4v) is 3.83. The smallest absolute Gasteiger partial charge is 0.269 e. The Balaban J connectivity index is 2.33. The van der Waals surface area contributed by atoms with E-state index in [1.54, 1.807) is 0 Å². The Kier molecular flexibility index (Phi) is 4.02. The van der Waals surface area contributed by atoms with E-state index in [0.29, 0.717) is 6.42 Å². The van der Waals surface area contributed by atoms with Gasteiger partial charge in [-0.25, -0.2) is 12.7 Å². The quantitative estimate of drug-likeness (QED) is 0.661.